The van der Waals surface area contributed by atoms with Crippen molar-refractivity contribution in [3.05, 3.63) is 30.1 Å². The van der Waals surface area contributed by atoms with E-state index in [0.717, 1.165) is 11.3 Å². The van der Waals surface area contributed by atoms with Crippen molar-refractivity contribution < 1.29 is 0 Å². The molecule has 1 fully saturated rings. The summed E-state index contributed by atoms with van der Waals surface area (Å²) in [5.74, 6) is 1.15. The smallest absolute Gasteiger partial charge is 0.106 e. The summed E-state index contributed by atoms with van der Waals surface area (Å²) in [4.78, 5) is 4.65. The highest BCUT2D eigenvalue weighted by atomic mass is 15.1. The number of aryl methyl sites for hydroxylation is 1. The lowest BCUT2D eigenvalue weighted by atomic mass is 10.2. The van der Waals surface area contributed by atoms with Gasteiger partial charge in [-0.25, -0.2) is 4.98 Å². The first-order valence-electron chi connectivity index (χ1n) is 6.40. The first kappa shape index (κ1) is 10.8. The third-order valence-corrected chi connectivity index (χ3v) is 3.95. The zero-order chi connectivity index (χ0) is 11.8. The van der Waals surface area contributed by atoms with Gasteiger partial charge in [-0.3, -0.25) is 0 Å². The number of para-hydroxylation sites is 2. The molecule has 0 saturated heterocycles. The van der Waals surface area contributed by atoms with Crippen LogP contribution in [0.25, 0.3) is 11.0 Å². The highest BCUT2D eigenvalue weighted by Crippen LogP contribution is 2.33. The van der Waals surface area contributed by atoms with E-state index in [0.29, 0.717) is 12.1 Å². The second-order valence-corrected chi connectivity index (χ2v) is 4.97. The molecular formula is C14H19N3. The van der Waals surface area contributed by atoms with E-state index in [2.05, 4.69) is 53.1 Å². The number of rotatable bonds is 2. The number of nitrogens with one attached hydrogen (secondary N) is 1. The van der Waals surface area contributed by atoms with Crippen molar-refractivity contribution in [3.63, 3.8) is 0 Å². The topological polar surface area (TPSA) is 29.9 Å². The molecule has 0 spiro atoms. The third kappa shape index (κ3) is 1.75. The highest BCUT2D eigenvalue weighted by molar-refractivity contribution is 5.76. The summed E-state index contributed by atoms with van der Waals surface area (Å²) in [6.07, 6.45) is 3.75. The van der Waals surface area contributed by atoms with Crippen LogP contribution in [0.3, 0.4) is 0 Å². The van der Waals surface area contributed by atoms with Gasteiger partial charge < -0.3 is 9.88 Å². The minimum atomic E-state index is 0.611. The van der Waals surface area contributed by atoms with E-state index in [1.54, 1.807) is 0 Å². The van der Waals surface area contributed by atoms with Crippen molar-refractivity contribution in [3.8, 4) is 0 Å². The lowest BCUT2D eigenvalue weighted by Gasteiger charge is -2.15. The molecule has 2 atom stereocenters. The minimum absolute atomic E-state index is 0.611. The van der Waals surface area contributed by atoms with Crippen LogP contribution in [0.2, 0.25) is 0 Å². The maximum absolute atomic E-state index is 4.65. The lowest BCUT2D eigenvalue weighted by molar-refractivity contribution is 0.494. The molecule has 2 unspecified atom stereocenters. The van der Waals surface area contributed by atoms with E-state index in [4.69, 9.17) is 0 Å². The van der Waals surface area contributed by atoms with Gasteiger partial charge in [0.05, 0.1) is 11.0 Å². The summed E-state index contributed by atoms with van der Waals surface area (Å²) >= 11 is 0. The van der Waals surface area contributed by atoms with Gasteiger partial charge in [0.25, 0.3) is 0 Å². The Labute approximate surface area is 102 Å². The molecule has 1 aromatic carbocycles. The maximum atomic E-state index is 4.65. The summed E-state index contributed by atoms with van der Waals surface area (Å²) in [6, 6.07) is 9.72. The fourth-order valence-corrected chi connectivity index (χ4v) is 3.08. The molecule has 1 heterocycles. The molecule has 90 valence electrons. The van der Waals surface area contributed by atoms with Crippen molar-refractivity contribution >= 4 is 11.0 Å². The van der Waals surface area contributed by atoms with Crippen LogP contribution < -0.4 is 5.32 Å². The van der Waals surface area contributed by atoms with Crippen LogP contribution in [0, 0.1) is 6.92 Å². The molecule has 1 aromatic heterocycles. The van der Waals surface area contributed by atoms with Crippen LogP contribution in [-0.2, 0) is 0 Å². The average Bonchev–Trinajstić information content (AvgIpc) is 2.91. The molecule has 0 aliphatic heterocycles. The number of hydrogen-bond acceptors (Lipinski definition) is 2. The predicted molar refractivity (Wildman–Crippen MR) is 70.2 cm³/mol. The quantitative estimate of drug-likeness (QED) is 0.858. The highest BCUT2D eigenvalue weighted by Gasteiger charge is 2.26. The van der Waals surface area contributed by atoms with Crippen LogP contribution in [0.5, 0.6) is 0 Å². The predicted octanol–water partition coefficient (Wildman–Crippen LogP) is 2.66. The number of fused-ring (bicyclic) bond motifs is 1. The van der Waals surface area contributed by atoms with Gasteiger partial charge in [0.2, 0.25) is 0 Å². The Bertz CT molecular complexity index is 529. The number of imidazole rings is 1. The van der Waals surface area contributed by atoms with E-state index in [1.165, 1.54) is 24.8 Å². The zero-order valence-corrected chi connectivity index (χ0v) is 10.5. The molecule has 1 saturated carbocycles. The zero-order valence-electron chi connectivity index (χ0n) is 10.5. The van der Waals surface area contributed by atoms with Crippen molar-refractivity contribution in [2.75, 3.05) is 7.05 Å². The number of hydrogen-bond donors (Lipinski definition) is 1. The van der Waals surface area contributed by atoms with Crippen molar-refractivity contribution in [2.45, 2.75) is 38.3 Å². The normalized spacial score (nSPS) is 24.6. The average molecular weight is 229 g/mol. The molecule has 3 rings (SSSR count). The van der Waals surface area contributed by atoms with Gasteiger partial charge in [-0.1, -0.05) is 12.1 Å². The Hall–Kier alpha value is -1.35. The van der Waals surface area contributed by atoms with E-state index >= 15 is 0 Å². The van der Waals surface area contributed by atoms with Gasteiger partial charge in [-0.2, -0.15) is 0 Å². The van der Waals surface area contributed by atoms with Crippen molar-refractivity contribution in [1.82, 2.24) is 14.9 Å². The summed E-state index contributed by atoms with van der Waals surface area (Å²) in [5.41, 5.74) is 2.41. The molecule has 0 radical (unpaired) electrons. The minimum Gasteiger partial charge on any atom is -0.325 e. The van der Waals surface area contributed by atoms with Gasteiger partial charge in [-0.15, -0.1) is 0 Å². The van der Waals surface area contributed by atoms with E-state index in [9.17, 15) is 0 Å². The maximum Gasteiger partial charge on any atom is 0.106 e. The van der Waals surface area contributed by atoms with E-state index < -0.39 is 0 Å². The second-order valence-electron chi connectivity index (χ2n) is 4.97. The summed E-state index contributed by atoms with van der Waals surface area (Å²) < 4.78 is 2.42. The molecule has 1 aliphatic rings. The van der Waals surface area contributed by atoms with Crippen molar-refractivity contribution in [2.24, 2.45) is 0 Å². The molecule has 0 bridgehead atoms. The Kier molecular flexibility index (Phi) is 2.63. The van der Waals surface area contributed by atoms with Gasteiger partial charge in [0, 0.05) is 12.1 Å². The Balaban J connectivity index is 2.02. The SMILES string of the molecule is CNC1CCC(n2c(C)nc3ccccc32)C1. The Morgan fingerprint density at radius 1 is 1.29 bits per heavy atom. The molecule has 17 heavy (non-hydrogen) atoms. The summed E-state index contributed by atoms with van der Waals surface area (Å²) in [6.45, 7) is 2.12. The number of nitrogens with zero attached hydrogens (tertiary/aromatic N) is 2. The molecule has 3 heteroatoms. The van der Waals surface area contributed by atoms with Crippen LogP contribution in [0.4, 0.5) is 0 Å². The van der Waals surface area contributed by atoms with Gasteiger partial charge in [0.1, 0.15) is 5.82 Å². The monoisotopic (exact) mass is 229 g/mol. The van der Waals surface area contributed by atoms with Gasteiger partial charge in [0.15, 0.2) is 0 Å². The van der Waals surface area contributed by atoms with E-state index in [1.807, 2.05) is 0 Å². The van der Waals surface area contributed by atoms with Crippen LogP contribution in [0.1, 0.15) is 31.1 Å². The van der Waals surface area contributed by atoms with Gasteiger partial charge in [-0.05, 0) is 45.4 Å². The fourth-order valence-electron chi connectivity index (χ4n) is 3.08. The fraction of sp³-hybridized carbons (Fsp3) is 0.500. The summed E-state index contributed by atoms with van der Waals surface area (Å²) in [7, 11) is 2.06. The lowest BCUT2D eigenvalue weighted by Crippen LogP contribution is -2.21. The number of aromatic nitrogens is 2. The Morgan fingerprint density at radius 2 is 2.12 bits per heavy atom. The molecule has 0 amide bonds. The molecule has 1 N–H and O–H groups in total. The third-order valence-electron chi connectivity index (χ3n) is 3.95. The molecule has 1 aliphatic carbocycles. The molecule has 3 nitrogen and oxygen atoms in total. The van der Waals surface area contributed by atoms with Crippen molar-refractivity contribution in [1.29, 1.82) is 0 Å². The second kappa shape index (κ2) is 4.15. The summed E-state index contributed by atoms with van der Waals surface area (Å²) in [5, 5.41) is 3.39. The van der Waals surface area contributed by atoms with Crippen LogP contribution in [-0.4, -0.2) is 22.6 Å². The Morgan fingerprint density at radius 3 is 2.88 bits per heavy atom. The van der Waals surface area contributed by atoms with Gasteiger partial charge >= 0.3 is 0 Å². The molecule has 2 aromatic rings. The molecular weight excluding hydrogens is 210 g/mol. The first-order chi connectivity index (χ1) is 8.29. The number of benzene rings is 1. The van der Waals surface area contributed by atoms with Crippen LogP contribution in [0.15, 0.2) is 24.3 Å². The standard InChI is InChI=1S/C14H19N3/c1-10-16-13-5-3-4-6-14(13)17(10)12-8-7-11(9-12)15-2/h3-6,11-12,15H,7-9H2,1-2H3. The van der Waals surface area contributed by atoms with E-state index in [-0.39, 0.29) is 0 Å². The van der Waals surface area contributed by atoms with Crippen LogP contribution >= 0.6 is 0 Å². The first-order valence-corrected chi connectivity index (χ1v) is 6.40. The largest absolute Gasteiger partial charge is 0.325 e.